The minimum atomic E-state index is 0.519. The normalized spacial score (nSPS) is 19.1. The second-order valence-electron chi connectivity index (χ2n) is 5.63. The van der Waals surface area contributed by atoms with Crippen LogP contribution >= 0.6 is 0 Å². The second kappa shape index (κ2) is 6.63. The first-order valence-electron chi connectivity index (χ1n) is 7.56. The van der Waals surface area contributed by atoms with Crippen LogP contribution < -0.4 is 11.1 Å². The van der Waals surface area contributed by atoms with E-state index in [9.17, 15) is 0 Å². The summed E-state index contributed by atoms with van der Waals surface area (Å²) >= 11 is 0. The predicted octanol–water partition coefficient (Wildman–Crippen LogP) is 2.05. The van der Waals surface area contributed by atoms with Gasteiger partial charge in [0.1, 0.15) is 5.82 Å². The highest BCUT2D eigenvalue weighted by Crippen LogP contribution is 2.20. The van der Waals surface area contributed by atoms with Gasteiger partial charge in [-0.2, -0.15) is 10.2 Å². The molecule has 21 heavy (non-hydrogen) atoms. The Morgan fingerprint density at radius 3 is 2.81 bits per heavy atom. The molecule has 1 aliphatic rings. The highest BCUT2D eigenvalue weighted by Gasteiger charge is 2.13. The van der Waals surface area contributed by atoms with Crippen molar-refractivity contribution in [1.82, 2.24) is 20.5 Å². The smallest absolute Gasteiger partial charge is 0.123 e. The van der Waals surface area contributed by atoms with E-state index in [-0.39, 0.29) is 0 Å². The molecule has 1 atom stereocenters. The summed E-state index contributed by atoms with van der Waals surface area (Å²) in [4.78, 5) is 4.08. The molecule has 3 N–H and O–H groups in total. The fourth-order valence-corrected chi connectivity index (χ4v) is 2.77. The van der Waals surface area contributed by atoms with Gasteiger partial charge in [-0.15, -0.1) is 0 Å². The number of aromatic nitrogens is 3. The van der Waals surface area contributed by atoms with Gasteiger partial charge in [-0.3, -0.25) is 0 Å². The molecule has 110 valence electrons. The number of pyridine rings is 1. The second-order valence-corrected chi connectivity index (χ2v) is 5.63. The first-order chi connectivity index (χ1) is 10.3. The number of hydrogen-bond acceptors (Lipinski definition) is 5. The predicted molar refractivity (Wildman–Crippen MR) is 83.6 cm³/mol. The summed E-state index contributed by atoms with van der Waals surface area (Å²) in [7, 11) is 0. The van der Waals surface area contributed by atoms with Crippen LogP contribution in [0.2, 0.25) is 0 Å². The van der Waals surface area contributed by atoms with E-state index in [1.54, 1.807) is 12.3 Å². The number of nitrogen functional groups attached to an aromatic ring is 1. The maximum absolute atomic E-state index is 5.59. The van der Waals surface area contributed by atoms with Gasteiger partial charge in [0.25, 0.3) is 0 Å². The van der Waals surface area contributed by atoms with E-state index in [4.69, 9.17) is 5.73 Å². The Bertz CT molecular complexity index is 556. The van der Waals surface area contributed by atoms with Crippen molar-refractivity contribution < 1.29 is 0 Å². The summed E-state index contributed by atoms with van der Waals surface area (Å²) in [6.07, 6.45) is 6.52. The molecule has 1 aliphatic heterocycles. The highest BCUT2D eigenvalue weighted by molar-refractivity contribution is 5.58. The molecular formula is C16H21N5. The van der Waals surface area contributed by atoms with Crippen LogP contribution in [0, 0.1) is 5.92 Å². The van der Waals surface area contributed by atoms with Gasteiger partial charge in [0.2, 0.25) is 0 Å². The number of nitrogens with one attached hydrogen (secondary N) is 1. The standard InChI is InChI=1S/C16H21N5/c17-16-6-3-13(11-19-16)15-5-4-14(20-21-15)10-12-2-1-8-18-9-7-12/h3-6,11-12,18H,1-2,7-10H2,(H2,17,19). The first kappa shape index (κ1) is 13.9. The van der Waals surface area contributed by atoms with Gasteiger partial charge in [-0.1, -0.05) is 0 Å². The highest BCUT2D eigenvalue weighted by atomic mass is 15.1. The van der Waals surface area contributed by atoms with Gasteiger partial charge in [-0.05, 0) is 69.0 Å². The lowest BCUT2D eigenvalue weighted by Gasteiger charge is -2.12. The van der Waals surface area contributed by atoms with Crippen LogP contribution in [-0.4, -0.2) is 28.3 Å². The Morgan fingerprint density at radius 1 is 1.10 bits per heavy atom. The largest absolute Gasteiger partial charge is 0.384 e. The van der Waals surface area contributed by atoms with Gasteiger partial charge in [-0.25, -0.2) is 4.98 Å². The summed E-state index contributed by atoms with van der Waals surface area (Å²) in [6.45, 7) is 2.26. The molecule has 2 aromatic heterocycles. The van der Waals surface area contributed by atoms with E-state index in [2.05, 4.69) is 26.6 Å². The average Bonchev–Trinajstić information content (AvgIpc) is 2.78. The summed E-state index contributed by atoms with van der Waals surface area (Å²) in [5, 5.41) is 12.1. The zero-order chi connectivity index (χ0) is 14.5. The van der Waals surface area contributed by atoms with Gasteiger partial charge < -0.3 is 11.1 Å². The van der Waals surface area contributed by atoms with Gasteiger partial charge in [0.05, 0.1) is 11.4 Å². The average molecular weight is 283 g/mol. The monoisotopic (exact) mass is 283 g/mol. The van der Waals surface area contributed by atoms with Gasteiger partial charge in [0.15, 0.2) is 0 Å². The van der Waals surface area contributed by atoms with E-state index < -0.39 is 0 Å². The molecule has 5 nitrogen and oxygen atoms in total. The van der Waals surface area contributed by atoms with Crippen molar-refractivity contribution in [2.24, 2.45) is 5.92 Å². The quantitative estimate of drug-likeness (QED) is 0.901. The number of nitrogens with zero attached hydrogens (tertiary/aromatic N) is 3. The molecule has 1 unspecified atom stereocenters. The maximum atomic E-state index is 5.59. The van der Waals surface area contributed by atoms with Crippen LogP contribution in [-0.2, 0) is 6.42 Å². The Hall–Kier alpha value is -2.01. The summed E-state index contributed by atoms with van der Waals surface area (Å²) in [6, 6.07) is 7.80. The molecule has 0 saturated carbocycles. The van der Waals surface area contributed by atoms with E-state index in [0.717, 1.165) is 42.4 Å². The number of anilines is 1. The molecule has 0 radical (unpaired) electrons. The summed E-state index contributed by atoms with van der Waals surface area (Å²) in [5.74, 6) is 1.24. The summed E-state index contributed by atoms with van der Waals surface area (Å²) in [5.41, 5.74) is 8.46. The minimum absolute atomic E-state index is 0.519. The molecule has 0 spiro atoms. The Morgan fingerprint density at radius 2 is 2.05 bits per heavy atom. The fraction of sp³-hybridized carbons (Fsp3) is 0.438. The molecule has 3 rings (SSSR count). The SMILES string of the molecule is Nc1ccc(-c2ccc(CC3CCCNCC3)nn2)cn1. The summed E-state index contributed by atoms with van der Waals surface area (Å²) < 4.78 is 0. The maximum Gasteiger partial charge on any atom is 0.123 e. The van der Waals surface area contributed by atoms with Crippen molar-refractivity contribution in [2.45, 2.75) is 25.7 Å². The van der Waals surface area contributed by atoms with Crippen molar-refractivity contribution >= 4 is 5.82 Å². The Labute approximate surface area is 125 Å². The molecular weight excluding hydrogens is 262 g/mol. The molecule has 1 fully saturated rings. The minimum Gasteiger partial charge on any atom is -0.384 e. The van der Waals surface area contributed by atoms with Gasteiger partial charge >= 0.3 is 0 Å². The van der Waals surface area contributed by atoms with Crippen LogP contribution in [0.15, 0.2) is 30.5 Å². The van der Waals surface area contributed by atoms with Crippen molar-refractivity contribution in [3.8, 4) is 11.3 Å². The lowest BCUT2D eigenvalue weighted by Crippen LogP contribution is -2.14. The van der Waals surface area contributed by atoms with Crippen molar-refractivity contribution in [3.63, 3.8) is 0 Å². The van der Waals surface area contributed by atoms with Crippen LogP contribution in [0.25, 0.3) is 11.3 Å². The van der Waals surface area contributed by atoms with Crippen LogP contribution in [0.3, 0.4) is 0 Å². The number of nitrogens with two attached hydrogens (primary N) is 1. The third kappa shape index (κ3) is 3.76. The third-order valence-electron chi connectivity index (χ3n) is 3.99. The van der Waals surface area contributed by atoms with Crippen molar-refractivity contribution in [1.29, 1.82) is 0 Å². The molecule has 2 aromatic rings. The zero-order valence-corrected chi connectivity index (χ0v) is 12.1. The van der Waals surface area contributed by atoms with E-state index in [1.807, 2.05) is 12.1 Å². The Kier molecular flexibility index (Phi) is 4.40. The number of hydrogen-bond donors (Lipinski definition) is 2. The first-order valence-corrected chi connectivity index (χ1v) is 7.56. The lowest BCUT2D eigenvalue weighted by atomic mass is 9.95. The molecule has 0 bridgehead atoms. The topological polar surface area (TPSA) is 76.7 Å². The van der Waals surface area contributed by atoms with Crippen molar-refractivity contribution in [3.05, 3.63) is 36.2 Å². The van der Waals surface area contributed by atoms with Gasteiger partial charge in [0, 0.05) is 11.8 Å². The molecule has 5 heteroatoms. The van der Waals surface area contributed by atoms with E-state index >= 15 is 0 Å². The fourth-order valence-electron chi connectivity index (χ4n) is 2.77. The van der Waals surface area contributed by atoms with Crippen LogP contribution in [0.1, 0.15) is 25.0 Å². The van der Waals surface area contributed by atoms with Crippen LogP contribution in [0.4, 0.5) is 5.82 Å². The number of rotatable bonds is 3. The molecule has 1 saturated heterocycles. The zero-order valence-electron chi connectivity index (χ0n) is 12.1. The molecule has 0 aromatic carbocycles. The third-order valence-corrected chi connectivity index (χ3v) is 3.99. The van der Waals surface area contributed by atoms with E-state index in [1.165, 1.54) is 19.3 Å². The molecule has 0 aliphatic carbocycles. The lowest BCUT2D eigenvalue weighted by molar-refractivity contribution is 0.463. The molecule has 0 amide bonds. The van der Waals surface area contributed by atoms with Crippen molar-refractivity contribution in [2.75, 3.05) is 18.8 Å². The van der Waals surface area contributed by atoms with E-state index in [0.29, 0.717) is 5.82 Å². The van der Waals surface area contributed by atoms with Crippen LogP contribution in [0.5, 0.6) is 0 Å². The Balaban J connectivity index is 1.67. The molecule has 3 heterocycles.